The summed E-state index contributed by atoms with van der Waals surface area (Å²) in [6.45, 7) is 6.05. The van der Waals surface area contributed by atoms with E-state index < -0.39 is 6.04 Å². The van der Waals surface area contributed by atoms with E-state index in [2.05, 4.69) is 26.8 Å². The molecule has 3 fully saturated rings. The Morgan fingerprint density at radius 1 is 1.30 bits per heavy atom. The molecule has 2 aliphatic carbocycles. The lowest BCUT2D eigenvalue weighted by atomic mass is 10.1. The van der Waals surface area contributed by atoms with Gasteiger partial charge in [0.1, 0.15) is 24.4 Å². The van der Waals surface area contributed by atoms with E-state index in [0.717, 1.165) is 18.4 Å². The van der Waals surface area contributed by atoms with Gasteiger partial charge in [0.25, 0.3) is 0 Å². The van der Waals surface area contributed by atoms with Gasteiger partial charge in [0.2, 0.25) is 11.8 Å². The molecular weight excluding hydrogens is 442 g/mol. The largest absolute Gasteiger partial charge is 0.382 e. The second kappa shape index (κ2) is 8.30. The van der Waals surface area contributed by atoms with E-state index in [1.165, 1.54) is 12.7 Å². The maximum Gasteiger partial charge on any atom is 0.243 e. The van der Waals surface area contributed by atoms with Crippen LogP contribution in [0.15, 0.2) is 48.1 Å². The number of rotatable bonds is 7. The van der Waals surface area contributed by atoms with Crippen molar-refractivity contribution in [3.05, 3.63) is 48.1 Å². The van der Waals surface area contributed by atoms with Crippen LogP contribution >= 0.6 is 11.6 Å². The summed E-state index contributed by atoms with van der Waals surface area (Å²) in [6, 6.07) is -0.325. The highest BCUT2D eigenvalue weighted by molar-refractivity contribution is 6.32. The molecule has 2 aromatic rings. The molecule has 2 amide bonds. The first-order chi connectivity index (χ1) is 15.9. The fraction of sp³-hybridized carbons (Fsp3) is 0.435. The zero-order valence-corrected chi connectivity index (χ0v) is 19.1. The molecule has 172 valence electrons. The molecule has 3 aliphatic rings. The number of piperidine rings is 1. The molecule has 0 aromatic carbocycles. The van der Waals surface area contributed by atoms with Crippen LogP contribution in [0.25, 0.3) is 11.2 Å². The van der Waals surface area contributed by atoms with Gasteiger partial charge in [-0.1, -0.05) is 30.3 Å². The van der Waals surface area contributed by atoms with Crippen LogP contribution in [0.3, 0.4) is 0 Å². The number of hydrogen-bond acceptors (Lipinski definition) is 6. The Labute approximate surface area is 196 Å². The lowest BCUT2D eigenvalue weighted by molar-refractivity contribution is -0.140. The third-order valence-electron chi connectivity index (χ3n) is 6.74. The van der Waals surface area contributed by atoms with E-state index in [-0.39, 0.29) is 42.2 Å². The van der Waals surface area contributed by atoms with Crippen molar-refractivity contribution < 1.29 is 9.59 Å². The summed E-state index contributed by atoms with van der Waals surface area (Å²) < 4.78 is 1.65. The normalized spacial score (nSPS) is 28.2. The summed E-state index contributed by atoms with van der Waals surface area (Å²) in [5.74, 6) is 0.571. The Hall–Kier alpha value is -3.20. The van der Waals surface area contributed by atoms with Gasteiger partial charge in [0.15, 0.2) is 11.5 Å². The summed E-state index contributed by atoms with van der Waals surface area (Å²) in [7, 11) is 0. The first-order valence-electron chi connectivity index (χ1n) is 11.1. The number of carbonyl (C=O) groups is 2. The summed E-state index contributed by atoms with van der Waals surface area (Å²) in [5, 5.41) is 3.71. The maximum atomic E-state index is 13.2. The molecule has 33 heavy (non-hydrogen) atoms. The zero-order valence-electron chi connectivity index (χ0n) is 18.3. The van der Waals surface area contributed by atoms with Crippen molar-refractivity contribution in [1.82, 2.24) is 29.7 Å². The fourth-order valence-electron chi connectivity index (χ4n) is 4.77. The van der Waals surface area contributed by atoms with Crippen LogP contribution in [-0.4, -0.2) is 54.4 Å². The number of hydrogen-bond donors (Lipinski definition) is 2. The summed E-state index contributed by atoms with van der Waals surface area (Å²) in [5.41, 5.74) is 7.64. The molecule has 5 atom stereocenters. The third-order valence-corrected chi connectivity index (χ3v) is 7.11. The Bertz CT molecular complexity index is 1200. The molecule has 1 saturated heterocycles. The standard InChI is InChI=1S/C23H26ClN7O2/c1-3-4-5-15(24)12(2)14-8-16(14)29-23(33)18-7-13-6-17(13)31(18)19(32)9-30-11-28-20-21(25)26-10-27-22(20)30/h3-5,10-11,13-14,16-18H,2,6-9H2,1H3,(H,29,33)(H2,25,26,27)/b4-3-,15-5+/t13-,14+,16-,17?,18+/m1/s1. The van der Waals surface area contributed by atoms with Crippen molar-refractivity contribution >= 4 is 40.4 Å². The van der Waals surface area contributed by atoms with Crippen molar-refractivity contribution in [3.63, 3.8) is 0 Å². The minimum atomic E-state index is -0.459. The van der Waals surface area contributed by atoms with E-state index >= 15 is 0 Å². The van der Waals surface area contributed by atoms with Gasteiger partial charge in [-0.25, -0.2) is 15.0 Å². The second-order valence-electron chi connectivity index (χ2n) is 8.94. The topological polar surface area (TPSA) is 119 Å². The van der Waals surface area contributed by atoms with E-state index in [1.54, 1.807) is 9.47 Å². The van der Waals surface area contributed by atoms with E-state index in [9.17, 15) is 9.59 Å². The molecule has 3 heterocycles. The van der Waals surface area contributed by atoms with Gasteiger partial charge in [-0.2, -0.15) is 0 Å². The number of aromatic nitrogens is 4. The van der Waals surface area contributed by atoms with Crippen molar-refractivity contribution in [1.29, 1.82) is 0 Å². The highest BCUT2D eigenvalue weighted by atomic mass is 35.5. The van der Waals surface area contributed by atoms with Crippen LogP contribution < -0.4 is 11.1 Å². The first kappa shape index (κ1) is 21.6. The number of allylic oxidation sites excluding steroid dienone is 4. The van der Waals surface area contributed by atoms with Gasteiger partial charge in [0.05, 0.1) is 6.33 Å². The molecule has 0 spiro atoms. The molecule has 3 N–H and O–H groups in total. The van der Waals surface area contributed by atoms with Gasteiger partial charge < -0.3 is 20.5 Å². The average Bonchev–Trinajstić information content (AvgIpc) is 3.67. The average molecular weight is 468 g/mol. The Balaban J connectivity index is 1.24. The maximum absolute atomic E-state index is 13.2. The highest BCUT2D eigenvalue weighted by Gasteiger charge is 2.56. The number of fused-ring (bicyclic) bond motifs is 2. The number of amides is 2. The Morgan fingerprint density at radius 3 is 2.91 bits per heavy atom. The van der Waals surface area contributed by atoms with Gasteiger partial charge in [-0.05, 0) is 43.8 Å². The predicted molar refractivity (Wildman–Crippen MR) is 125 cm³/mol. The Morgan fingerprint density at radius 2 is 2.12 bits per heavy atom. The smallest absolute Gasteiger partial charge is 0.243 e. The quantitative estimate of drug-likeness (QED) is 0.602. The molecule has 10 heteroatoms. The number of halogens is 1. The molecule has 1 unspecified atom stereocenters. The van der Waals surface area contributed by atoms with Crippen molar-refractivity contribution in [3.8, 4) is 0 Å². The summed E-state index contributed by atoms with van der Waals surface area (Å²) >= 11 is 6.30. The van der Waals surface area contributed by atoms with Crippen LogP contribution in [-0.2, 0) is 16.1 Å². The number of likely N-dealkylation sites (tertiary alicyclic amines) is 1. The number of nitrogens with two attached hydrogens (primary N) is 1. The minimum Gasteiger partial charge on any atom is -0.382 e. The van der Waals surface area contributed by atoms with Crippen LogP contribution in [0.5, 0.6) is 0 Å². The van der Waals surface area contributed by atoms with Crippen molar-refractivity contribution in [2.45, 2.75) is 50.9 Å². The molecule has 2 saturated carbocycles. The molecule has 2 aromatic heterocycles. The van der Waals surface area contributed by atoms with E-state index in [4.69, 9.17) is 17.3 Å². The molecule has 0 bridgehead atoms. The number of carbonyl (C=O) groups excluding carboxylic acids is 2. The van der Waals surface area contributed by atoms with Crippen LogP contribution in [0.2, 0.25) is 0 Å². The molecule has 5 rings (SSSR count). The number of anilines is 1. The Kier molecular flexibility index (Phi) is 5.44. The number of imidazole rings is 1. The fourth-order valence-corrected chi connectivity index (χ4v) is 4.99. The number of nitrogen functional groups attached to an aromatic ring is 1. The lowest BCUT2D eigenvalue weighted by Crippen LogP contribution is -2.49. The molecule has 1 aliphatic heterocycles. The van der Waals surface area contributed by atoms with Gasteiger partial charge >= 0.3 is 0 Å². The van der Waals surface area contributed by atoms with Crippen LogP contribution in [0.4, 0.5) is 5.82 Å². The van der Waals surface area contributed by atoms with Gasteiger partial charge in [-0.15, -0.1) is 0 Å². The minimum absolute atomic E-state index is 0.00361. The van der Waals surface area contributed by atoms with Crippen LogP contribution in [0.1, 0.15) is 26.2 Å². The molecular formula is C23H26ClN7O2. The zero-order chi connectivity index (χ0) is 23.3. The SMILES string of the molecule is C=C(/C(Cl)=C\C=C/C)[C@@H]1C[C@H]1NC(=O)[C@@H]1C[C@H]2CC2N1C(=O)Cn1cnc2c(N)ncnc21. The summed E-state index contributed by atoms with van der Waals surface area (Å²) in [4.78, 5) is 40.4. The second-order valence-corrected chi connectivity index (χ2v) is 9.35. The third kappa shape index (κ3) is 4.01. The van der Waals surface area contributed by atoms with Gasteiger partial charge in [0, 0.05) is 23.0 Å². The van der Waals surface area contributed by atoms with Gasteiger partial charge in [-0.3, -0.25) is 9.59 Å². The summed E-state index contributed by atoms with van der Waals surface area (Å²) in [6.07, 6.45) is 10.9. The highest BCUT2D eigenvalue weighted by Crippen LogP contribution is 2.48. The lowest BCUT2D eigenvalue weighted by Gasteiger charge is -2.27. The molecule has 9 nitrogen and oxygen atoms in total. The number of nitrogens with one attached hydrogen (secondary N) is 1. The monoisotopic (exact) mass is 467 g/mol. The molecule has 0 radical (unpaired) electrons. The number of nitrogens with zero attached hydrogens (tertiary/aromatic N) is 5. The predicted octanol–water partition coefficient (Wildman–Crippen LogP) is 2.16. The van der Waals surface area contributed by atoms with Crippen molar-refractivity contribution in [2.24, 2.45) is 11.8 Å². The van der Waals surface area contributed by atoms with E-state index in [0.29, 0.717) is 28.5 Å². The van der Waals surface area contributed by atoms with Crippen molar-refractivity contribution in [2.75, 3.05) is 5.73 Å². The van der Waals surface area contributed by atoms with E-state index in [1.807, 2.05) is 25.2 Å². The first-order valence-corrected chi connectivity index (χ1v) is 11.5. The van der Waals surface area contributed by atoms with Crippen LogP contribution in [0, 0.1) is 11.8 Å².